The second-order valence-electron chi connectivity index (χ2n) is 4.96. The molecule has 0 spiro atoms. The predicted molar refractivity (Wildman–Crippen MR) is 74.0 cm³/mol. The topological polar surface area (TPSA) is 27.7 Å². The van der Waals surface area contributed by atoms with Gasteiger partial charge in [0, 0.05) is 24.4 Å². The van der Waals surface area contributed by atoms with Gasteiger partial charge in [-0.15, -0.1) is 0 Å². The van der Waals surface area contributed by atoms with E-state index in [9.17, 15) is 0 Å². The molecule has 0 saturated heterocycles. The Balaban J connectivity index is 4.89. The minimum atomic E-state index is -2.59. The minimum absolute atomic E-state index is 0.115. The third kappa shape index (κ3) is 7.71. The fourth-order valence-electron chi connectivity index (χ4n) is 1.57. The summed E-state index contributed by atoms with van der Waals surface area (Å²) in [6.45, 7) is 14.1. The van der Waals surface area contributed by atoms with Crippen LogP contribution in [0.4, 0.5) is 0 Å². The normalized spacial score (nSPS) is 13.5. The Kier molecular flexibility index (Phi) is 7.95. The van der Waals surface area contributed by atoms with Crippen LogP contribution < -0.4 is 0 Å². The fourth-order valence-corrected chi connectivity index (χ4v) is 4.70. The zero-order valence-electron chi connectivity index (χ0n) is 12.3. The summed E-state index contributed by atoms with van der Waals surface area (Å²) in [5, 5.41) is 0. The summed E-state index contributed by atoms with van der Waals surface area (Å²) in [5.74, 6) is 0. The second kappa shape index (κ2) is 8.03. The Morgan fingerprint density at radius 2 is 1.18 bits per heavy atom. The van der Waals surface area contributed by atoms with E-state index in [1.807, 2.05) is 54.5 Å². The Morgan fingerprint density at radius 3 is 1.41 bits per heavy atom. The number of rotatable bonds is 8. The van der Waals surface area contributed by atoms with E-state index in [1.165, 1.54) is 0 Å². The highest BCUT2D eigenvalue weighted by Gasteiger charge is 2.42. The van der Waals surface area contributed by atoms with Gasteiger partial charge in [-0.3, -0.25) is 0 Å². The molecule has 0 atom stereocenters. The van der Waals surface area contributed by atoms with Crippen LogP contribution in [-0.4, -0.2) is 27.1 Å². The van der Waals surface area contributed by atoms with Crippen LogP contribution in [0.5, 0.6) is 0 Å². The molecular weight excluding hydrogens is 232 g/mol. The van der Waals surface area contributed by atoms with E-state index < -0.39 is 8.80 Å². The van der Waals surface area contributed by atoms with Gasteiger partial charge in [0.25, 0.3) is 0 Å². The highest BCUT2D eigenvalue weighted by atomic mass is 28.4. The van der Waals surface area contributed by atoms with Crippen molar-refractivity contribution >= 4 is 8.80 Å². The molecule has 102 valence electrons. The maximum absolute atomic E-state index is 6.00. The quantitative estimate of drug-likeness (QED) is 0.491. The molecule has 0 rings (SSSR count). The Labute approximate surface area is 108 Å². The lowest BCUT2D eigenvalue weighted by Gasteiger charge is -2.33. The summed E-state index contributed by atoms with van der Waals surface area (Å²) in [5.41, 5.74) is 0. The molecule has 0 aliphatic rings. The van der Waals surface area contributed by atoms with E-state index in [1.54, 1.807) is 0 Å². The van der Waals surface area contributed by atoms with Crippen molar-refractivity contribution in [2.45, 2.75) is 72.8 Å². The standard InChI is InChI=1S/C13H28O3Si/c1-8-9-10-17(14-11(2)3,15-12(4)5)16-13(6)7/h8-9,11-13H,10H2,1-7H3/b9-8+. The van der Waals surface area contributed by atoms with Crippen LogP contribution in [0.2, 0.25) is 6.04 Å². The third-order valence-electron chi connectivity index (χ3n) is 1.85. The smallest absolute Gasteiger partial charge is 0.371 e. The number of hydrogen-bond donors (Lipinski definition) is 0. The first kappa shape index (κ1) is 16.8. The van der Waals surface area contributed by atoms with Crippen molar-refractivity contribution < 1.29 is 13.3 Å². The Morgan fingerprint density at radius 1 is 0.824 bits per heavy atom. The molecule has 17 heavy (non-hydrogen) atoms. The lowest BCUT2D eigenvalue weighted by Crippen LogP contribution is -2.50. The molecule has 0 bridgehead atoms. The lowest BCUT2D eigenvalue weighted by molar-refractivity contribution is 0.00553. The summed E-state index contributed by atoms with van der Waals surface area (Å²) in [4.78, 5) is 0. The van der Waals surface area contributed by atoms with Gasteiger partial charge >= 0.3 is 8.80 Å². The maximum Gasteiger partial charge on any atom is 0.505 e. The molecule has 3 nitrogen and oxygen atoms in total. The molecule has 0 aliphatic carbocycles. The first-order chi connectivity index (χ1) is 7.81. The lowest BCUT2D eigenvalue weighted by atomic mass is 10.5. The van der Waals surface area contributed by atoms with E-state index in [4.69, 9.17) is 13.3 Å². The van der Waals surface area contributed by atoms with Gasteiger partial charge < -0.3 is 13.3 Å². The van der Waals surface area contributed by atoms with E-state index in [-0.39, 0.29) is 18.3 Å². The first-order valence-corrected chi connectivity index (χ1v) is 8.39. The number of hydrogen-bond acceptors (Lipinski definition) is 3. The largest absolute Gasteiger partial charge is 0.505 e. The van der Waals surface area contributed by atoms with Crippen molar-refractivity contribution in [1.29, 1.82) is 0 Å². The monoisotopic (exact) mass is 260 g/mol. The molecule has 0 aromatic rings. The highest BCUT2D eigenvalue weighted by molar-refractivity contribution is 6.61. The van der Waals surface area contributed by atoms with Gasteiger partial charge in [-0.1, -0.05) is 12.2 Å². The summed E-state index contributed by atoms with van der Waals surface area (Å²) in [6.07, 6.45) is 4.43. The zero-order chi connectivity index (χ0) is 13.5. The van der Waals surface area contributed by atoms with Crippen LogP contribution in [0.15, 0.2) is 12.2 Å². The third-order valence-corrected chi connectivity index (χ3v) is 5.08. The van der Waals surface area contributed by atoms with Crippen molar-refractivity contribution in [3.8, 4) is 0 Å². The van der Waals surface area contributed by atoms with E-state index >= 15 is 0 Å². The van der Waals surface area contributed by atoms with Crippen molar-refractivity contribution in [3.63, 3.8) is 0 Å². The summed E-state index contributed by atoms with van der Waals surface area (Å²) in [6, 6.07) is 0.734. The molecule has 0 amide bonds. The molecule has 0 fully saturated rings. The van der Waals surface area contributed by atoms with Crippen molar-refractivity contribution in [3.05, 3.63) is 12.2 Å². The summed E-state index contributed by atoms with van der Waals surface area (Å²) >= 11 is 0. The molecule has 0 N–H and O–H groups in total. The Hall–Kier alpha value is -0.163. The maximum atomic E-state index is 6.00. The van der Waals surface area contributed by atoms with Gasteiger partial charge in [-0.25, -0.2) is 0 Å². The second-order valence-corrected chi connectivity index (χ2v) is 7.44. The van der Waals surface area contributed by atoms with Gasteiger partial charge in [0.15, 0.2) is 0 Å². The first-order valence-electron chi connectivity index (χ1n) is 6.46. The van der Waals surface area contributed by atoms with Crippen LogP contribution in [-0.2, 0) is 13.3 Å². The van der Waals surface area contributed by atoms with Crippen LogP contribution in [0.1, 0.15) is 48.5 Å². The molecule has 0 heterocycles. The molecule has 0 unspecified atom stereocenters. The van der Waals surface area contributed by atoms with Crippen LogP contribution in [0, 0.1) is 0 Å². The van der Waals surface area contributed by atoms with Crippen molar-refractivity contribution in [2.75, 3.05) is 0 Å². The van der Waals surface area contributed by atoms with Gasteiger partial charge in [0.05, 0.1) is 0 Å². The van der Waals surface area contributed by atoms with Crippen LogP contribution >= 0.6 is 0 Å². The number of allylic oxidation sites excluding steroid dienone is 2. The van der Waals surface area contributed by atoms with Crippen molar-refractivity contribution in [1.82, 2.24) is 0 Å². The summed E-state index contributed by atoms with van der Waals surface area (Å²) < 4.78 is 18.0. The molecule has 0 saturated carbocycles. The molecule has 0 radical (unpaired) electrons. The van der Waals surface area contributed by atoms with E-state index in [0.29, 0.717) is 0 Å². The van der Waals surface area contributed by atoms with Crippen LogP contribution in [0.25, 0.3) is 0 Å². The van der Waals surface area contributed by atoms with Crippen molar-refractivity contribution in [2.24, 2.45) is 0 Å². The molecule has 0 aromatic heterocycles. The summed E-state index contributed by atoms with van der Waals surface area (Å²) in [7, 11) is -2.59. The minimum Gasteiger partial charge on any atom is -0.371 e. The highest BCUT2D eigenvalue weighted by Crippen LogP contribution is 2.22. The van der Waals surface area contributed by atoms with Gasteiger partial charge in [-0.2, -0.15) is 0 Å². The van der Waals surface area contributed by atoms with E-state index in [0.717, 1.165) is 6.04 Å². The van der Waals surface area contributed by atoms with Crippen LogP contribution in [0.3, 0.4) is 0 Å². The zero-order valence-corrected chi connectivity index (χ0v) is 13.3. The van der Waals surface area contributed by atoms with Gasteiger partial charge in [0.1, 0.15) is 0 Å². The van der Waals surface area contributed by atoms with E-state index in [2.05, 4.69) is 6.08 Å². The molecule has 4 heteroatoms. The molecular formula is C13H28O3Si. The average Bonchev–Trinajstić information content (AvgIpc) is 2.11. The van der Waals surface area contributed by atoms with Gasteiger partial charge in [-0.05, 0) is 48.5 Å². The van der Waals surface area contributed by atoms with Gasteiger partial charge in [0.2, 0.25) is 0 Å². The molecule has 0 aliphatic heterocycles. The fraction of sp³-hybridized carbons (Fsp3) is 0.846. The SMILES string of the molecule is C/C=C/C[Si](OC(C)C)(OC(C)C)OC(C)C. The Bertz CT molecular complexity index is 198. The molecule has 0 aromatic carbocycles. The average molecular weight is 260 g/mol. The predicted octanol–water partition coefficient (Wildman–Crippen LogP) is 3.78.